The molecule has 55 heavy (non-hydrogen) atoms. The van der Waals surface area contributed by atoms with E-state index in [9.17, 15) is 29.1 Å². The first-order valence-electron chi connectivity index (χ1n) is 19.2. The highest BCUT2D eigenvalue weighted by Gasteiger charge is 2.49. The van der Waals surface area contributed by atoms with Crippen molar-refractivity contribution >= 4 is 29.7 Å². The molecule has 0 saturated carbocycles. The Bertz CT molecular complexity index is 1400. The zero-order chi connectivity index (χ0) is 41.8. The van der Waals surface area contributed by atoms with Gasteiger partial charge in [-0.05, 0) is 44.1 Å². The van der Waals surface area contributed by atoms with Crippen LogP contribution in [0.4, 0.5) is 4.79 Å². The number of carbonyl (C=O) groups excluding carboxylic acids is 5. The van der Waals surface area contributed by atoms with E-state index < -0.39 is 78.1 Å². The largest absolute Gasteiger partial charge is 0.444 e. The number of likely N-dealkylation sites (N-methyl/N-ethyl adjacent to an activating group) is 2. The van der Waals surface area contributed by atoms with Crippen molar-refractivity contribution in [2.24, 2.45) is 17.8 Å². The molecule has 15 nitrogen and oxygen atoms in total. The number of hydrogen-bond donors (Lipinski definition) is 4. The SMILES string of the molecule is CC[C@H](C)[C@@H]([C@H](O)CC(=O)NC[C@H]1O[C@H](C(=O)NCc2ccccc2)[C@@H](OC)[C@@H]1OC)N(C)C(=O)[C@@H](NC(=O)[C@H](C(C)C)N(C)C(=O)OC(C)(C)C)C(C)C. The molecule has 15 heteroatoms. The van der Waals surface area contributed by atoms with E-state index in [0.717, 1.165) is 5.56 Å². The van der Waals surface area contributed by atoms with Crippen LogP contribution in [-0.2, 0) is 44.7 Å². The van der Waals surface area contributed by atoms with Crippen LogP contribution in [0.5, 0.6) is 0 Å². The molecular formula is C40H67N5O10. The Balaban J connectivity index is 2.14. The molecule has 0 radical (unpaired) electrons. The topological polar surface area (TPSA) is 185 Å². The number of rotatable bonds is 19. The number of methoxy groups -OCH3 is 2. The lowest BCUT2D eigenvalue weighted by atomic mass is 9.90. The van der Waals surface area contributed by atoms with Gasteiger partial charge in [0.25, 0.3) is 5.91 Å². The molecule has 4 N–H and O–H groups in total. The number of benzene rings is 1. The lowest BCUT2D eigenvalue weighted by Crippen LogP contribution is -2.60. The van der Waals surface area contributed by atoms with Gasteiger partial charge in [-0.25, -0.2) is 4.79 Å². The van der Waals surface area contributed by atoms with Gasteiger partial charge in [-0.2, -0.15) is 0 Å². The van der Waals surface area contributed by atoms with E-state index in [0.29, 0.717) is 13.0 Å². The van der Waals surface area contributed by atoms with Crippen molar-refractivity contribution in [3.8, 4) is 0 Å². The number of carbonyl (C=O) groups is 5. The van der Waals surface area contributed by atoms with Crippen LogP contribution in [-0.4, -0.2) is 134 Å². The number of amides is 5. The standard InChI is InChI=1S/C40H67N5O10/c1-14-25(6)32(44(10)38(50)30(23(2)3)43-36(48)31(24(4)5)45(11)39(51)55-40(7,8)9)27(46)20-29(47)41-22-28-33(52-12)34(53-13)35(54-28)37(49)42-21-26-18-16-15-17-19-26/h15-19,23-25,27-28,30-35,46H,14,20-22H2,1-13H3,(H,41,47)(H,42,49)(H,43,48)/t25-,27+,28+,30-,31-,32-,33+,34-,35-/m0/s1. The van der Waals surface area contributed by atoms with Crippen molar-refractivity contribution in [1.29, 1.82) is 0 Å². The Morgan fingerprint density at radius 3 is 2.00 bits per heavy atom. The highest BCUT2D eigenvalue weighted by Crippen LogP contribution is 2.27. The molecule has 9 atom stereocenters. The highest BCUT2D eigenvalue weighted by atomic mass is 16.6. The maximum absolute atomic E-state index is 14.1. The van der Waals surface area contributed by atoms with Crippen LogP contribution in [0.3, 0.4) is 0 Å². The van der Waals surface area contributed by atoms with E-state index in [2.05, 4.69) is 16.0 Å². The molecule has 5 amide bonds. The first kappa shape index (κ1) is 47.4. The van der Waals surface area contributed by atoms with E-state index in [1.54, 1.807) is 55.5 Å². The lowest BCUT2D eigenvalue weighted by molar-refractivity contribution is -0.144. The van der Waals surface area contributed by atoms with Crippen LogP contribution >= 0.6 is 0 Å². The smallest absolute Gasteiger partial charge is 0.410 e. The van der Waals surface area contributed by atoms with Gasteiger partial charge in [0.05, 0.1) is 18.6 Å². The average molecular weight is 778 g/mol. The number of aliphatic hydroxyl groups is 1. The number of ether oxygens (including phenoxy) is 4. The quantitative estimate of drug-likeness (QED) is 0.163. The van der Waals surface area contributed by atoms with E-state index in [1.807, 2.05) is 44.2 Å². The fourth-order valence-electron chi connectivity index (χ4n) is 6.88. The van der Waals surface area contributed by atoms with Gasteiger partial charge in [-0.1, -0.05) is 78.3 Å². The summed E-state index contributed by atoms with van der Waals surface area (Å²) in [4.78, 5) is 69.7. The molecule has 1 fully saturated rings. The molecule has 0 bridgehead atoms. The summed E-state index contributed by atoms with van der Waals surface area (Å²) in [6, 6.07) is 6.74. The summed E-state index contributed by atoms with van der Waals surface area (Å²) in [6.07, 6.45) is -4.77. The zero-order valence-corrected chi connectivity index (χ0v) is 35.1. The molecule has 0 aromatic heterocycles. The van der Waals surface area contributed by atoms with Gasteiger partial charge < -0.3 is 44.9 Å². The molecule has 1 heterocycles. The summed E-state index contributed by atoms with van der Waals surface area (Å²) in [5.74, 6) is -2.71. The van der Waals surface area contributed by atoms with Gasteiger partial charge in [0.15, 0.2) is 6.10 Å². The number of aliphatic hydroxyl groups excluding tert-OH is 1. The second-order valence-electron chi connectivity index (χ2n) is 16.1. The predicted octanol–water partition coefficient (Wildman–Crippen LogP) is 2.87. The Morgan fingerprint density at radius 1 is 0.891 bits per heavy atom. The third-order valence-electron chi connectivity index (χ3n) is 9.96. The van der Waals surface area contributed by atoms with Gasteiger partial charge in [0.1, 0.15) is 36.0 Å². The molecule has 0 spiro atoms. The molecular weight excluding hydrogens is 710 g/mol. The molecule has 1 aliphatic heterocycles. The van der Waals surface area contributed by atoms with E-state index in [4.69, 9.17) is 18.9 Å². The summed E-state index contributed by atoms with van der Waals surface area (Å²) >= 11 is 0. The van der Waals surface area contributed by atoms with Crippen molar-refractivity contribution in [3.63, 3.8) is 0 Å². The summed E-state index contributed by atoms with van der Waals surface area (Å²) in [5, 5.41) is 20.0. The minimum Gasteiger partial charge on any atom is -0.444 e. The van der Waals surface area contributed by atoms with E-state index >= 15 is 0 Å². The van der Waals surface area contributed by atoms with Crippen LogP contribution in [0.2, 0.25) is 0 Å². The average Bonchev–Trinajstić information content (AvgIpc) is 3.48. The monoisotopic (exact) mass is 777 g/mol. The first-order chi connectivity index (χ1) is 25.7. The first-order valence-corrected chi connectivity index (χ1v) is 19.2. The number of nitrogens with one attached hydrogen (secondary N) is 3. The Kier molecular flexibility index (Phi) is 18.5. The molecule has 0 unspecified atom stereocenters. The minimum absolute atomic E-state index is 0.0225. The highest BCUT2D eigenvalue weighted by molar-refractivity contribution is 5.91. The summed E-state index contributed by atoms with van der Waals surface area (Å²) < 4.78 is 22.8. The van der Waals surface area contributed by atoms with Gasteiger partial charge in [-0.3, -0.25) is 24.1 Å². The van der Waals surface area contributed by atoms with Crippen molar-refractivity contribution < 1.29 is 48.0 Å². The number of hydrogen-bond acceptors (Lipinski definition) is 10. The summed E-state index contributed by atoms with van der Waals surface area (Å²) in [7, 11) is 5.98. The summed E-state index contributed by atoms with van der Waals surface area (Å²) in [5.41, 5.74) is 0.155. The molecule has 1 saturated heterocycles. The second kappa shape index (κ2) is 21.5. The van der Waals surface area contributed by atoms with E-state index in [1.165, 1.54) is 31.1 Å². The fraction of sp³-hybridized carbons (Fsp3) is 0.725. The lowest BCUT2D eigenvalue weighted by Gasteiger charge is -2.39. The Morgan fingerprint density at radius 2 is 1.49 bits per heavy atom. The van der Waals surface area contributed by atoms with Gasteiger partial charge in [0, 0.05) is 41.4 Å². The molecule has 1 aromatic carbocycles. The Labute approximate surface area is 327 Å². The minimum atomic E-state index is -1.26. The number of nitrogens with zero attached hydrogens (tertiary/aromatic N) is 2. The normalized spacial score (nSPS) is 21.2. The molecule has 1 aliphatic rings. The molecule has 312 valence electrons. The molecule has 2 rings (SSSR count). The Hall–Kier alpha value is -3.79. The fourth-order valence-corrected chi connectivity index (χ4v) is 6.88. The van der Waals surface area contributed by atoms with Crippen molar-refractivity contribution in [2.45, 2.75) is 136 Å². The third kappa shape index (κ3) is 13.4. The molecule has 0 aliphatic carbocycles. The van der Waals surface area contributed by atoms with Gasteiger partial charge in [-0.15, -0.1) is 0 Å². The zero-order valence-electron chi connectivity index (χ0n) is 35.1. The van der Waals surface area contributed by atoms with Crippen LogP contribution in [0.1, 0.15) is 80.7 Å². The van der Waals surface area contributed by atoms with E-state index in [-0.39, 0.29) is 36.6 Å². The van der Waals surface area contributed by atoms with Crippen LogP contribution in [0.15, 0.2) is 30.3 Å². The maximum Gasteiger partial charge on any atom is 0.410 e. The van der Waals surface area contributed by atoms with Crippen LogP contribution < -0.4 is 16.0 Å². The van der Waals surface area contributed by atoms with Crippen LogP contribution in [0.25, 0.3) is 0 Å². The van der Waals surface area contributed by atoms with Crippen molar-refractivity contribution in [1.82, 2.24) is 25.8 Å². The van der Waals surface area contributed by atoms with Gasteiger partial charge >= 0.3 is 6.09 Å². The summed E-state index contributed by atoms with van der Waals surface area (Å²) in [6.45, 7) is 16.5. The van der Waals surface area contributed by atoms with Crippen molar-refractivity contribution in [3.05, 3.63) is 35.9 Å². The van der Waals surface area contributed by atoms with Crippen molar-refractivity contribution in [2.75, 3.05) is 34.9 Å². The second-order valence-corrected chi connectivity index (χ2v) is 16.1. The maximum atomic E-state index is 14.1. The third-order valence-corrected chi connectivity index (χ3v) is 9.96. The predicted molar refractivity (Wildman–Crippen MR) is 208 cm³/mol. The van der Waals surface area contributed by atoms with Gasteiger partial charge in [0.2, 0.25) is 17.7 Å². The molecule has 1 aromatic rings. The van der Waals surface area contributed by atoms with Crippen LogP contribution in [0, 0.1) is 17.8 Å².